The lowest BCUT2D eigenvalue weighted by Gasteiger charge is -2.58. The van der Waals surface area contributed by atoms with E-state index < -0.39 is 91.9 Å². The lowest BCUT2D eigenvalue weighted by atomic mass is 9.46. The summed E-state index contributed by atoms with van der Waals surface area (Å²) in [6.45, 7) is 7.78. The summed E-state index contributed by atoms with van der Waals surface area (Å²) in [5.41, 5.74) is 0.415. The van der Waals surface area contributed by atoms with Gasteiger partial charge in [-0.05, 0) is 67.6 Å². The van der Waals surface area contributed by atoms with E-state index in [9.17, 15) is 45.6 Å². The molecule has 8 aliphatic rings. The van der Waals surface area contributed by atoms with Gasteiger partial charge in [-0.15, -0.1) is 0 Å². The number of carbonyl (C=O) groups excluding carboxylic acids is 1. The zero-order chi connectivity index (χ0) is 38.6. The minimum atomic E-state index is -1.75. The molecule has 7 fully saturated rings. The molecule has 8 rings (SSSR count). The maximum Gasteiger partial charge on any atom is 0.197 e. The van der Waals surface area contributed by atoms with Crippen LogP contribution >= 0.6 is 0 Å². The number of allylic oxidation sites excluding steroid dienone is 1. The van der Waals surface area contributed by atoms with Gasteiger partial charge >= 0.3 is 0 Å². The van der Waals surface area contributed by atoms with Crippen molar-refractivity contribution in [2.24, 2.45) is 46.3 Å². The summed E-state index contributed by atoms with van der Waals surface area (Å²) in [5.74, 6) is -0.0639. The van der Waals surface area contributed by atoms with Crippen molar-refractivity contribution >= 4 is 5.78 Å². The fraction of sp³-hybridized carbons (Fsp3) is 0.923. The van der Waals surface area contributed by atoms with Crippen molar-refractivity contribution in [1.82, 2.24) is 0 Å². The van der Waals surface area contributed by atoms with Crippen molar-refractivity contribution in [3.8, 4) is 0 Å². The van der Waals surface area contributed by atoms with Crippen LogP contribution in [0.25, 0.3) is 0 Å². The molecule has 8 N–H and O–H groups in total. The number of Topliss-reactive ketones (excluding diaryl/α,β-unsaturated/α-hetero) is 1. The van der Waals surface area contributed by atoms with E-state index in [1.807, 2.05) is 0 Å². The number of aliphatic hydroxyl groups excluding tert-OH is 8. The van der Waals surface area contributed by atoms with Gasteiger partial charge in [0.15, 0.2) is 18.4 Å². The molecule has 0 aromatic heterocycles. The number of ketones is 1. The van der Waals surface area contributed by atoms with Crippen LogP contribution in [0.4, 0.5) is 0 Å². The molecule has 0 aromatic carbocycles. The van der Waals surface area contributed by atoms with Crippen LogP contribution in [0.2, 0.25) is 0 Å². The van der Waals surface area contributed by atoms with Crippen molar-refractivity contribution in [3.05, 3.63) is 11.6 Å². The maximum absolute atomic E-state index is 14.5. The lowest BCUT2D eigenvalue weighted by Crippen LogP contribution is -2.65. The van der Waals surface area contributed by atoms with E-state index in [4.69, 9.17) is 28.4 Å². The SMILES string of the molecule is CC1COC2(OC3CC4C5CC=C6CC(OC7OC(CO)C(OC8OC(CO)C(O)C(O)C8O)C(O)C7O)CCC6(C)C5CC(=O)C4(C)C3C2C)C(O)C1. The molecule has 54 heavy (non-hydrogen) atoms. The van der Waals surface area contributed by atoms with Gasteiger partial charge < -0.3 is 69.3 Å². The molecule has 22 unspecified atom stereocenters. The molecule has 4 aliphatic carbocycles. The predicted octanol–water partition coefficient (Wildman–Crippen LogP) is -0.488. The molecule has 3 saturated carbocycles. The quantitative estimate of drug-likeness (QED) is 0.159. The second-order valence-corrected chi connectivity index (χ2v) is 18.3. The van der Waals surface area contributed by atoms with Gasteiger partial charge in [0.25, 0.3) is 0 Å². The third-order valence-electron chi connectivity index (χ3n) is 15.5. The van der Waals surface area contributed by atoms with Crippen LogP contribution in [0.3, 0.4) is 0 Å². The first-order valence-corrected chi connectivity index (χ1v) is 20.1. The van der Waals surface area contributed by atoms with Crippen molar-refractivity contribution in [2.75, 3.05) is 19.8 Å². The molecule has 1 spiro atoms. The summed E-state index contributed by atoms with van der Waals surface area (Å²) in [6.07, 6.45) is -9.45. The summed E-state index contributed by atoms with van der Waals surface area (Å²) in [4.78, 5) is 14.5. The van der Waals surface area contributed by atoms with E-state index in [0.29, 0.717) is 38.2 Å². The first-order chi connectivity index (χ1) is 25.6. The van der Waals surface area contributed by atoms with E-state index in [1.165, 1.54) is 5.57 Å². The van der Waals surface area contributed by atoms with Crippen molar-refractivity contribution in [1.29, 1.82) is 0 Å². The van der Waals surface area contributed by atoms with Crippen LogP contribution in [0.5, 0.6) is 0 Å². The zero-order valence-electron chi connectivity index (χ0n) is 31.6. The van der Waals surface area contributed by atoms with Crippen LogP contribution < -0.4 is 0 Å². The Balaban J connectivity index is 0.933. The number of fused-ring (bicyclic) bond motifs is 7. The molecule has 4 saturated heterocycles. The Morgan fingerprint density at radius 1 is 0.833 bits per heavy atom. The monoisotopic (exact) mass is 768 g/mol. The van der Waals surface area contributed by atoms with Crippen molar-refractivity contribution in [3.63, 3.8) is 0 Å². The Morgan fingerprint density at radius 3 is 2.22 bits per heavy atom. The van der Waals surface area contributed by atoms with Gasteiger partial charge in [0.05, 0.1) is 32.0 Å². The fourth-order valence-corrected chi connectivity index (χ4v) is 12.4. The van der Waals surface area contributed by atoms with E-state index in [2.05, 4.69) is 33.8 Å². The van der Waals surface area contributed by atoms with Crippen LogP contribution in [0.15, 0.2) is 11.6 Å². The van der Waals surface area contributed by atoms with E-state index in [-0.39, 0.29) is 53.0 Å². The van der Waals surface area contributed by atoms with Crippen molar-refractivity contribution in [2.45, 2.75) is 158 Å². The highest BCUT2D eigenvalue weighted by Gasteiger charge is 2.72. The fourth-order valence-electron chi connectivity index (χ4n) is 12.4. The summed E-state index contributed by atoms with van der Waals surface area (Å²) < 4.78 is 36.3. The molecular formula is C39H60O15. The van der Waals surface area contributed by atoms with Crippen LogP contribution in [0.1, 0.15) is 72.6 Å². The average molecular weight is 769 g/mol. The van der Waals surface area contributed by atoms with Crippen LogP contribution in [-0.2, 0) is 33.2 Å². The number of hydrogen-bond acceptors (Lipinski definition) is 15. The number of carbonyl (C=O) groups is 1. The van der Waals surface area contributed by atoms with E-state index >= 15 is 0 Å². The first kappa shape index (κ1) is 39.7. The molecular weight excluding hydrogens is 708 g/mol. The molecule has 0 bridgehead atoms. The smallest absolute Gasteiger partial charge is 0.197 e. The normalized spacial score (nSPS) is 57.2. The Morgan fingerprint density at radius 2 is 1.52 bits per heavy atom. The molecule has 0 radical (unpaired) electrons. The first-order valence-electron chi connectivity index (χ1n) is 20.1. The molecule has 0 amide bonds. The number of rotatable bonds is 6. The predicted molar refractivity (Wildman–Crippen MR) is 185 cm³/mol. The summed E-state index contributed by atoms with van der Waals surface area (Å²) in [7, 11) is 0. The van der Waals surface area contributed by atoms with E-state index in [0.717, 1.165) is 19.3 Å². The lowest BCUT2D eigenvalue weighted by molar-refractivity contribution is -0.363. The standard InChI is InChI=1S/C39H60O15/c1-16-9-27(43)39(49-15-16)17(2)28-23(54-39)11-22-20-6-5-18-10-19(7-8-37(18,3)21(20)12-26(42)38(22,28)4)50-35-33(48)31(46)34(25(14-41)52-35)53-36-32(47)30(45)29(44)24(13-40)51-36/h5,16-17,19-25,27-36,40-41,43-48H,6-15H2,1-4H3. The minimum Gasteiger partial charge on any atom is -0.394 e. The Kier molecular flexibility index (Phi) is 10.5. The number of hydrogen-bond donors (Lipinski definition) is 8. The molecule has 4 aliphatic heterocycles. The highest BCUT2D eigenvalue weighted by molar-refractivity contribution is 5.87. The van der Waals surface area contributed by atoms with E-state index in [1.54, 1.807) is 0 Å². The minimum absolute atomic E-state index is 0.0245. The van der Waals surface area contributed by atoms with Crippen LogP contribution in [-0.4, -0.2) is 152 Å². The molecule has 0 aromatic rings. The molecule has 15 heteroatoms. The Hall–Kier alpha value is -1.15. The Bertz CT molecular complexity index is 1440. The van der Waals surface area contributed by atoms with Gasteiger partial charge in [0.1, 0.15) is 60.7 Å². The third kappa shape index (κ3) is 5.86. The van der Waals surface area contributed by atoms with Gasteiger partial charge in [-0.1, -0.05) is 39.3 Å². The Labute approximate surface area is 315 Å². The molecule has 306 valence electrons. The summed E-state index contributed by atoms with van der Waals surface area (Å²) >= 11 is 0. The highest BCUT2D eigenvalue weighted by Crippen LogP contribution is 2.69. The van der Waals surface area contributed by atoms with Gasteiger partial charge in [-0.25, -0.2) is 0 Å². The second-order valence-electron chi connectivity index (χ2n) is 18.3. The number of aliphatic hydroxyl groups is 8. The highest BCUT2D eigenvalue weighted by atomic mass is 16.7. The van der Waals surface area contributed by atoms with Gasteiger partial charge in [-0.2, -0.15) is 0 Å². The van der Waals surface area contributed by atoms with Crippen LogP contribution in [0, 0.1) is 46.3 Å². The summed E-state index contributed by atoms with van der Waals surface area (Å²) in [5, 5.41) is 83.9. The van der Waals surface area contributed by atoms with Gasteiger partial charge in [-0.3, -0.25) is 4.79 Å². The molecule has 22 atom stereocenters. The molecule has 15 nitrogen and oxygen atoms in total. The van der Waals surface area contributed by atoms with Gasteiger partial charge in [0, 0.05) is 23.7 Å². The van der Waals surface area contributed by atoms with Gasteiger partial charge in [0.2, 0.25) is 0 Å². The largest absolute Gasteiger partial charge is 0.394 e. The summed E-state index contributed by atoms with van der Waals surface area (Å²) in [6, 6.07) is 0. The number of ether oxygens (including phenoxy) is 6. The second kappa shape index (κ2) is 14.3. The third-order valence-corrected chi connectivity index (χ3v) is 15.5. The maximum atomic E-state index is 14.5. The molecule has 4 heterocycles. The topological polar surface area (TPSA) is 234 Å². The zero-order valence-corrected chi connectivity index (χ0v) is 31.6. The average Bonchev–Trinajstić information content (AvgIpc) is 3.61. The van der Waals surface area contributed by atoms with Crippen molar-refractivity contribution < 1.29 is 74.1 Å².